The Labute approximate surface area is 126 Å². The molecular formula is C18H22N2O. The smallest absolute Gasteiger partial charge is 0.118 e. The molecule has 1 aliphatic rings. The molecule has 1 aliphatic heterocycles. The van der Waals surface area contributed by atoms with Gasteiger partial charge in [-0.15, -0.1) is 0 Å². The first kappa shape index (κ1) is 14.1. The highest BCUT2D eigenvalue weighted by Gasteiger charge is 2.23. The van der Waals surface area contributed by atoms with Crippen LogP contribution in [-0.4, -0.2) is 23.5 Å². The number of aromatic nitrogens is 1. The molecule has 0 bridgehead atoms. The van der Waals surface area contributed by atoms with Crippen LogP contribution in [0.5, 0.6) is 5.75 Å². The highest BCUT2D eigenvalue weighted by Crippen LogP contribution is 2.31. The van der Waals surface area contributed by atoms with Gasteiger partial charge in [0.15, 0.2) is 0 Å². The number of benzene rings is 1. The van der Waals surface area contributed by atoms with Crippen molar-refractivity contribution in [2.75, 3.05) is 13.7 Å². The normalized spacial score (nSPS) is 19.4. The zero-order chi connectivity index (χ0) is 14.5. The third-order valence-electron chi connectivity index (χ3n) is 4.23. The molecule has 110 valence electrons. The highest BCUT2D eigenvalue weighted by atomic mass is 16.5. The number of piperidine rings is 1. The second-order valence-electron chi connectivity index (χ2n) is 5.62. The lowest BCUT2D eigenvalue weighted by molar-refractivity contribution is 0.140. The number of rotatable bonds is 4. The van der Waals surface area contributed by atoms with Gasteiger partial charge in [-0.1, -0.05) is 24.6 Å². The summed E-state index contributed by atoms with van der Waals surface area (Å²) >= 11 is 0. The van der Waals surface area contributed by atoms with E-state index in [1.165, 1.54) is 30.4 Å². The number of ether oxygens (including phenoxy) is 1. The Balaban J connectivity index is 1.75. The average molecular weight is 282 g/mol. The van der Waals surface area contributed by atoms with E-state index in [1.54, 1.807) is 7.11 Å². The zero-order valence-electron chi connectivity index (χ0n) is 12.5. The monoisotopic (exact) mass is 282 g/mol. The number of likely N-dealkylation sites (tertiary alicyclic amines) is 1. The SMILES string of the molecule is COc1ccc(CN2CCCC[C@H]2c2cccnc2)cc1. The zero-order valence-corrected chi connectivity index (χ0v) is 12.5. The van der Waals surface area contributed by atoms with Gasteiger partial charge in [0.2, 0.25) is 0 Å². The summed E-state index contributed by atoms with van der Waals surface area (Å²) in [4.78, 5) is 6.85. The summed E-state index contributed by atoms with van der Waals surface area (Å²) < 4.78 is 5.23. The minimum Gasteiger partial charge on any atom is -0.497 e. The summed E-state index contributed by atoms with van der Waals surface area (Å²) in [6, 6.07) is 13.1. The fourth-order valence-corrected chi connectivity index (χ4v) is 3.10. The van der Waals surface area contributed by atoms with E-state index in [-0.39, 0.29) is 0 Å². The first-order chi connectivity index (χ1) is 10.4. The minimum absolute atomic E-state index is 0.495. The van der Waals surface area contributed by atoms with Crippen molar-refractivity contribution in [3.63, 3.8) is 0 Å². The lowest BCUT2D eigenvalue weighted by atomic mass is 9.96. The second kappa shape index (κ2) is 6.72. The Morgan fingerprint density at radius 3 is 2.76 bits per heavy atom. The van der Waals surface area contributed by atoms with Crippen molar-refractivity contribution in [2.45, 2.75) is 31.8 Å². The van der Waals surface area contributed by atoms with E-state index in [0.29, 0.717) is 6.04 Å². The maximum Gasteiger partial charge on any atom is 0.118 e. The van der Waals surface area contributed by atoms with Crippen LogP contribution < -0.4 is 4.74 Å². The van der Waals surface area contributed by atoms with Crippen LogP contribution in [-0.2, 0) is 6.54 Å². The summed E-state index contributed by atoms with van der Waals surface area (Å²) in [5.41, 5.74) is 2.68. The van der Waals surface area contributed by atoms with Crippen molar-refractivity contribution in [3.8, 4) is 5.75 Å². The van der Waals surface area contributed by atoms with Crippen LogP contribution in [0.1, 0.15) is 36.4 Å². The summed E-state index contributed by atoms with van der Waals surface area (Å²) in [7, 11) is 1.71. The largest absolute Gasteiger partial charge is 0.497 e. The first-order valence-corrected chi connectivity index (χ1v) is 7.64. The molecule has 1 fully saturated rings. The fourth-order valence-electron chi connectivity index (χ4n) is 3.10. The van der Waals surface area contributed by atoms with E-state index in [0.717, 1.165) is 18.8 Å². The first-order valence-electron chi connectivity index (χ1n) is 7.64. The van der Waals surface area contributed by atoms with E-state index in [4.69, 9.17) is 4.74 Å². The summed E-state index contributed by atoms with van der Waals surface area (Å²) in [6.45, 7) is 2.15. The number of pyridine rings is 1. The summed E-state index contributed by atoms with van der Waals surface area (Å²) in [5.74, 6) is 0.918. The molecule has 0 radical (unpaired) electrons. The van der Waals surface area contributed by atoms with Gasteiger partial charge in [0.05, 0.1) is 7.11 Å². The average Bonchev–Trinajstić information content (AvgIpc) is 2.57. The quantitative estimate of drug-likeness (QED) is 0.852. The minimum atomic E-state index is 0.495. The standard InChI is InChI=1S/C18H22N2O/c1-21-17-9-7-15(8-10-17)14-20-12-3-2-6-18(20)16-5-4-11-19-13-16/h4-5,7-11,13,18H,2-3,6,12,14H2,1H3/t18-/m0/s1. The predicted octanol–water partition coefficient (Wildman–Crippen LogP) is 3.82. The molecule has 0 spiro atoms. The number of nitrogens with zero attached hydrogens (tertiary/aromatic N) is 2. The molecule has 3 heteroatoms. The molecule has 2 aromatic rings. The van der Waals surface area contributed by atoms with Gasteiger partial charge >= 0.3 is 0 Å². The van der Waals surface area contributed by atoms with E-state index in [9.17, 15) is 0 Å². The van der Waals surface area contributed by atoms with Crippen molar-refractivity contribution in [1.82, 2.24) is 9.88 Å². The highest BCUT2D eigenvalue weighted by molar-refractivity contribution is 5.27. The molecule has 1 saturated heterocycles. The van der Waals surface area contributed by atoms with Crippen molar-refractivity contribution in [1.29, 1.82) is 0 Å². The van der Waals surface area contributed by atoms with Crippen molar-refractivity contribution in [3.05, 3.63) is 59.9 Å². The lowest BCUT2D eigenvalue weighted by Crippen LogP contribution is -2.32. The Bertz CT molecular complexity index is 553. The van der Waals surface area contributed by atoms with Crippen LogP contribution in [0.3, 0.4) is 0 Å². The molecule has 1 atom stereocenters. The molecule has 0 saturated carbocycles. The number of methoxy groups -OCH3 is 1. The molecule has 2 heterocycles. The van der Waals surface area contributed by atoms with E-state index in [1.807, 2.05) is 30.6 Å². The Morgan fingerprint density at radius 1 is 1.19 bits per heavy atom. The van der Waals surface area contributed by atoms with Crippen LogP contribution in [0.2, 0.25) is 0 Å². The summed E-state index contributed by atoms with van der Waals surface area (Å²) in [6.07, 6.45) is 7.67. The van der Waals surface area contributed by atoms with E-state index in [2.05, 4.69) is 28.1 Å². The number of hydrogen-bond acceptors (Lipinski definition) is 3. The lowest BCUT2D eigenvalue weighted by Gasteiger charge is -2.36. The van der Waals surface area contributed by atoms with E-state index < -0.39 is 0 Å². The topological polar surface area (TPSA) is 25.4 Å². The summed E-state index contributed by atoms with van der Waals surface area (Å²) in [5, 5.41) is 0. The van der Waals surface area contributed by atoms with Gasteiger partial charge < -0.3 is 4.74 Å². The van der Waals surface area contributed by atoms with Crippen molar-refractivity contribution >= 4 is 0 Å². The van der Waals surface area contributed by atoms with Gasteiger partial charge in [-0.05, 0) is 48.7 Å². The van der Waals surface area contributed by atoms with Crippen molar-refractivity contribution in [2.24, 2.45) is 0 Å². The van der Waals surface area contributed by atoms with Crippen molar-refractivity contribution < 1.29 is 4.74 Å². The Hall–Kier alpha value is -1.87. The molecule has 1 aromatic heterocycles. The maximum atomic E-state index is 5.23. The Morgan fingerprint density at radius 2 is 2.05 bits per heavy atom. The maximum absolute atomic E-state index is 5.23. The van der Waals surface area contributed by atoms with Crippen LogP contribution in [0.25, 0.3) is 0 Å². The van der Waals surface area contributed by atoms with Crippen LogP contribution in [0.15, 0.2) is 48.8 Å². The fraction of sp³-hybridized carbons (Fsp3) is 0.389. The second-order valence-corrected chi connectivity index (χ2v) is 5.62. The Kier molecular flexibility index (Phi) is 4.51. The van der Waals surface area contributed by atoms with Gasteiger partial charge in [0, 0.05) is 25.0 Å². The molecule has 3 rings (SSSR count). The predicted molar refractivity (Wildman–Crippen MR) is 84.2 cm³/mol. The molecule has 21 heavy (non-hydrogen) atoms. The molecule has 0 aliphatic carbocycles. The molecule has 3 nitrogen and oxygen atoms in total. The van der Waals surface area contributed by atoms with Gasteiger partial charge in [-0.3, -0.25) is 9.88 Å². The molecule has 0 amide bonds. The van der Waals surface area contributed by atoms with Gasteiger partial charge in [-0.25, -0.2) is 0 Å². The molecule has 1 aromatic carbocycles. The number of hydrogen-bond donors (Lipinski definition) is 0. The van der Waals surface area contributed by atoms with Gasteiger partial charge in [-0.2, -0.15) is 0 Å². The third-order valence-corrected chi connectivity index (χ3v) is 4.23. The molecule has 0 N–H and O–H groups in total. The van der Waals surface area contributed by atoms with Crippen LogP contribution >= 0.6 is 0 Å². The van der Waals surface area contributed by atoms with Crippen LogP contribution in [0, 0.1) is 0 Å². The van der Waals surface area contributed by atoms with E-state index >= 15 is 0 Å². The van der Waals surface area contributed by atoms with Crippen LogP contribution in [0.4, 0.5) is 0 Å². The third kappa shape index (κ3) is 3.42. The molecular weight excluding hydrogens is 260 g/mol. The van der Waals surface area contributed by atoms with Gasteiger partial charge in [0.25, 0.3) is 0 Å². The molecule has 0 unspecified atom stereocenters. The van der Waals surface area contributed by atoms with Gasteiger partial charge in [0.1, 0.15) is 5.75 Å².